The number of nitrogens with zero attached hydrogens (tertiary/aromatic N) is 3. The highest BCUT2D eigenvalue weighted by Crippen LogP contribution is 2.25. The Morgan fingerprint density at radius 2 is 2.17 bits per heavy atom. The molecule has 4 nitrogen and oxygen atoms in total. The van der Waals surface area contributed by atoms with Gasteiger partial charge in [0.2, 0.25) is 0 Å². The van der Waals surface area contributed by atoms with Crippen LogP contribution in [0, 0.1) is 11.6 Å². The van der Waals surface area contributed by atoms with Gasteiger partial charge in [-0.1, -0.05) is 17.3 Å². The van der Waals surface area contributed by atoms with E-state index in [1.54, 1.807) is 7.05 Å². The average Bonchev–Trinajstić information content (AvgIpc) is 2.65. The van der Waals surface area contributed by atoms with Gasteiger partial charge in [-0.3, -0.25) is 0 Å². The van der Waals surface area contributed by atoms with E-state index < -0.39 is 17.7 Å². The van der Waals surface area contributed by atoms with Crippen molar-refractivity contribution in [3.05, 3.63) is 45.7 Å². The molecule has 0 spiro atoms. The third-order valence-electron chi connectivity index (χ3n) is 2.59. The standard InChI is InChI=1S/C11H10BrF2N3O/c1-17-10(11(12)15-16-17)8(18)5-6-3-2-4-7(13)9(6)14/h2-4,8,18H,5H2,1H3. The maximum atomic E-state index is 13.5. The largest absolute Gasteiger partial charge is 0.386 e. The molecule has 1 heterocycles. The second-order valence-electron chi connectivity index (χ2n) is 3.82. The van der Waals surface area contributed by atoms with E-state index in [1.807, 2.05) is 0 Å². The molecule has 0 aliphatic carbocycles. The Morgan fingerprint density at radius 3 is 2.78 bits per heavy atom. The Labute approximate surface area is 110 Å². The molecule has 0 bridgehead atoms. The summed E-state index contributed by atoms with van der Waals surface area (Å²) >= 11 is 3.14. The van der Waals surface area contributed by atoms with Gasteiger partial charge in [-0.2, -0.15) is 0 Å². The van der Waals surface area contributed by atoms with Crippen LogP contribution in [0.25, 0.3) is 0 Å². The van der Waals surface area contributed by atoms with E-state index >= 15 is 0 Å². The molecule has 18 heavy (non-hydrogen) atoms. The number of aryl methyl sites for hydroxylation is 1. The zero-order valence-corrected chi connectivity index (χ0v) is 11.0. The minimum absolute atomic E-state index is 0.0522. The molecule has 0 radical (unpaired) electrons. The molecule has 1 atom stereocenters. The van der Waals surface area contributed by atoms with Crippen molar-refractivity contribution in [3.63, 3.8) is 0 Å². The lowest BCUT2D eigenvalue weighted by Crippen LogP contribution is -2.10. The minimum Gasteiger partial charge on any atom is -0.386 e. The lowest BCUT2D eigenvalue weighted by molar-refractivity contribution is 0.166. The normalized spacial score (nSPS) is 12.7. The summed E-state index contributed by atoms with van der Waals surface area (Å²) in [6.45, 7) is 0. The Morgan fingerprint density at radius 1 is 1.44 bits per heavy atom. The van der Waals surface area contributed by atoms with Gasteiger partial charge in [0, 0.05) is 13.5 Å². The molecule has 1 unspecified atom stereocenters. The van der Waals surface area contributed by atoms with Crippen molar-refractivity contribution in [1.82, 2.24) is 15.0 Å². The number of hydrogen-bond acceptors (Lipinski definition) is 3. The molecule has 1 aromatic carbocycles. The minimum atomic E-state index is -1.02. The molecule has 1 aromatic heterocycles. The summed E-state index contributed by atoms with van der Waals surface area (Å²) in [7, 11) is 1.61. The second-order valence-corrected chi connectivity index (χ2v) is 4.57. The maximum absolute atomic E-state index is 13.5. The van der Waals surface area contributed by atoms with Gasteiger partial charge in [-0.15, -0.1) is 5.10 Å². The summed E-state index contributed by atoms with van der Waals surface area (Å²) < 4.78 is 28.3. The van der Waals surface area contributed by atoms with Crippen molar-refractivity contribution in [2.24, 2.45) is 7.05 Å². The number of aliphatic hydroxyl groups excluding tert-OH is 1. The Kier molecular flexibility index (Phi) is 3.72. The molecule has 96 valence electrons. The first kappa shape index (κ1) is 13.1. The first-order valence-corrected chi connectivity index (χ1v) is 5.96. The molecule has 1 N–H and O–H groups in total. The van der Waals surface area contributed by atoms with E-state index in [-0.39, 0.29) is 12.0 Å². The van der Waals surface area contributed by atoms with Crippen LogP contribution in [0.2, 0.25) is 0 Å². The number of aliphatic hydroxyl groups is 1. The monoisotopic (exact) mass is 317 g/mol. The van der Waals surface area contributed by atoms with Gasteiger partial charge in [0.25, 0.3) is 0 Å². The van der Waals surface area contributed by atoms with Crippen molar-refractivity contribution >= 4 is 15.9 Å². The van der Waals surface area contributed by atoms with Crippen molar-refractivity contribution in [2.75, 3.05) is 0 Å². The first-order valence-electron chi connectivity index (χ1n) is 5.16. The van der Waals surface area contributed by atoms with Crippen LogP contribution in [-0.2, 0) is 13.5 Å². The summed E-state index contributed by atoms with van der Waals surface area (Å²) in [5, 5.41) is 17.5. The van der Waals surface area contributed by atoms with Crippen LogP contribution in [0.3, 0.4) is 0 Å². The Bertz CT molecular complexity index is 554. The van der Waals surface area contributed by atoms with E-state index in [4.69, 9.17) is 0 Å². The van der Waals surface area contributed by atoms with E-state index in [2.05, 4.69) is 26.2 Å². The third-order valence-corrected chi connectivity index (χ3v) is 3.15. The van der Waals surface area contributed by atoms with Gasteiger partial charge in [0.1, 0.15) is 11.8 Å². The van der Waals surface area contributed by atoms with E-state index in [0.29, 0.717) is 10.3 Å². The SMILES string of the molecule is Cn1nnc(Br)c1C(O)Cc1cccc(F)c1F. The molecule has 0 fully saturated rings. The zero-order valence-electron chi connectivity index (χ0n) is 9.44. The molecule has 0 saturated heterocycles. The van der Waals surface area contributed by atoms with Crippen LogP contribution in [0.1, 0.15) is 17.4 Å². The van der Waals surface area contributed by atoms with Crippen LogP contribution in [0.4, 0.5) is 8.78 Å². The van der Waals surface area contributed by atoms with Crippen molar-refractivity contribution in [3.8, 4) is 0 Å². The first-order chi connectivity index (χ1) is 8.50. The number of benzene rings is 1. The summed E-state index contributed by atoms with van der Waals surface area (Å²) in [6, 6.07) is 3.86. The topological polar surface area (TPSA) is 50.9 Å². The Hall–Kier alpha value is -1.34. The van der Waals surface area contributed by atoms with Crippen LogP contribution < -0.4 is 0 Å². The van der Waals surface area contributed by atoms with Gasteiger partial charge in [0.05, 0.1) is 0 Å². The Balaban J connectivity index is 2.27. The van der Waals surface area contributed by atoms with Crippen LogP contribution in [-0.4, -0.2) is 20.1 Å². The third kappa shape index (κ3) is 2.41. The molecular formula is C11H10BrF2N3O. The number of aromatic nitrogens is 3. The molecule has 2 rings (SSSR count). The van der Waals surface area contributed by atoms with Gasteiger partial charge in [-0.05, 0) is 27.6 Å². The molecule has 0 aliphatic rings. The fraction of sp³-hybridized carbons (Fsp3) is 0.273. The van der Waals surface area contributed by atoms with Gasteiger partial charge < -0.3 is 5.11 Å². The van der Waals surface area contributed by atoms with Gasteiger partial charge in [0.15, 0.2) is 16.2 Å². The molecule has 2 aromatic rings. The van der Waals surface area contributed by atoms with Crippen molar-refractivity contribution in [1.29, 1.82) is 0 Å². The molecule has 0 amide bonds. The predicted octanol–water partition coefficient (Wildman–Crippen LogP) is 2.13. The zero-order chi connectivity index (χ0) is 13.3. The average molecular weight is 318 g/mol. The fourth-order valence-corrected chi connectivity index (χ4v) is 2.30. The highest BCUT2D eigenvalue weighted by Gasteiger charge is 2.20. The molecular weight excluding hydrogens is 308 g/mol. The van der Waals surface area contributed by atoms with Crippen LogP contribution in [0.5, 0.6) is 0 Å². The molecule has 0 saturated carbocycles. The summed E-state index contributed by atoms with van der Waals surface area (Å²) in [4.78, 5) is 0. The predicted molar refractivity (Wildman–Crippen MR) is 63.7 cm³/mol. The number of rotatable bonds is 3. The van der Waals surface area contributed by atoms with Crippen LogP contribution >= 0.6 is 15.9 Å². The van der Waals surface area contributed by atoms with Crippen molar-refractivity contribution in [2.45, 2.75) is 12.5 Å². The smallest absolute Gasteiger partial charge is 0.162 e. The van der Waals surface area contributed by atoms with Gasteiger partial charge in [-0.25, -0.2) is 13.5 Å². The van der Waals surface area contributed by atoms with E-state index in [1.165, 1.54) is 16.8 Å². The van der Waals surface area contributed by atoms with E-state index in [0.717, 1.165) is 6.07 Å². The fourth-order valence-electron chi connectivity index (χ4n) is 1.70. The van der Waals surface area contributed by atoms with Crippen LogP contribution in [0.15, 0.2) is 22.8 Å². The summed E-state index contributed by atoms with van der Waals surface area (Å²) in [5.74, 6) is -1.87. The maximum Gasteiger partial charge on any atom is 0.162 e. The highest BCUT2D eigenvalue weighted by atomic mass is 79.9. The highest BCUT2D eigenvalue weighted by molar-refractivity contribution is 9.10. The summed E-state index contributed by atoms with van der Waals surface area (Å²) in [6.07, 6.45) is -1.07. The molecule has 7 heteroatoms. The van der Waals surface area contributed by atoms with Crippen molar-refractivity contribution < 1.29 is 13.9 Å². The molecule has 0 aliphatic heterocycles. The lowest BCUT2D eigenvalue weighted by atomic mass is 10.1. The van der Waals surface area contributed by atoms with E-state index in [9.17, 15) is 13.9 Å². The lowest BCUT2D eigenvalue weighted by Gasteiger charge is -2.11. The number of halogens is 3. The summed E-state index contributed by atoms with van der Waals surface area (Å²) in [5.41, 5.74) is 0.522. The van der Waals surface area contributed by atoms with Gasteiger partial charge >= 0.3 is 0 Å². The second kappa shape index (κ2) is 5.11. The quantitative estimate of drug-likeness (QED) is 0.943. The number of hydrogen-bond donors (Lipinski definition) is 1.